The third kappa shape index (κ3) is 5.64. The van der Waals surface area contributed by atoms with Crippen molar-refractivity contribution < 1.29 is 17.9 Å². The highest BCUT2D eigenvalue weighted by Gasteiger charge is 2.20. The van der Waals surface area contributed by atoms with Gasteiger partial charge in [0.05, 0.1) is 24.1 Å². The van der Waals surface area contributed by atoms with E-state index in [0.29, 0.717) is 17.3 Å². The Morgan fingerprint density at radius 2 is 1.81 bits per heavy atom. The predicted octanol–water partition coefficient (Wildman–Crippen LogP) is 2.82. The smallest absolute Gasteiger partial charge is 0.232 e. The van der Waals surface area contributed by atoms with Crippen molar-refractivity contribution in [3.8, 4) is 5.75 Å². The number of anilines is 1. The van der Waals surface area contributed by atoms with Crippen molar-refractivity contribution in [3.63, 3.8) is 0 Å². The number of nitrogens with one attached hydrogen (secondary N) is 1. The summed E-state index contributed by atoms with van der Waals surface area (Å²) in [7, 11) is -1.97. The molecular formula is C18H21ClN2O4S. The second-order valence-corrected chi connectivity index (χ2v) is 7.98. The lowest BCUT2D eigenvalue weighted by Gasteiger charge is -2.23. The zero-order valence-electron chi connectivity index (χ0n) is 14.6. The number of benzene rings is 2. The molecule has 1 N–H and O–H groups in total. The molecule has 1 amide bonds. The molecule has 0 spiro atoms. The highest BCUT2D eigenvalue weighted by molar-refractivity contribution is 7.92. The van der Waals surface area contributed by atoms with Gasteiger partial charge in [-0.25, -0.2) is 8.42 Å². The third-order valence-electron chi connectivity index (χ3n) is 3.71. The van der Waals surface area contributed by atoms with Gasteiger partial charge in [-0.05, 0) is 29.8 Å². The molecule has 0 saturated heterocycles. The molecule has 0 aromatic heterocycles. The fourth-order valence-electron chi connectivity index (χ4n) is 2.35. The van der Waals surface area contributed by atoms with E-state index in [2.05, 4.69) is 5.32 Å². The van der Waals surface area contributed by atoms with Gasteiger partial charge in [-0.3, -0.25) is 9.10 Å². The lowest BCUT2D eigenvalue weighted by atomic mass is 10.2. The van der Waals surface area contributed by atoms with Crippen LogP contribution in [0.4, 0.5) is 5.69 Å². The molecule has 0 heterocycles. The second-order valence-electron chi connectivity index (χ2n) is 5.66. The molecular weight excluding hydrogens is 376 g/mol. The van der Waals surface area contributed by atoms with E-state index in [1.165, 1.54) is 0 Å². The van der Waals surface area contributed by atoms with Gasteiger partial charge in [0, 0.05) is 19.5 Å². The molecule has 0 unspecified atom stereocenters. The molecule has 0 radical (unpaired) electrons. The summed E-state index contributed by atoms with van der Waals surface area (Å²) in [6.07, 6.45) is 1.11. The Morgan fingerprint density at radius 3 is 2.38 bits per heavy atom. The maximum atomic E-state index is 12.1. The largest absolute Gasteiger partial charge is 0.497 e. The average molecular weight is 397 g/mol. The van der Waals surface area contributed by atoms with E-state index in [4.69, 9.17) is 16.3 Å². The van der Waals surface area contributed by atoms with Crippen LogP contribution in [0.3, 0.4) is 0 Å². The number of nitrogens with zero attached hydrogens (tertiary/aromatic N) is 1. The number of methoxy groups -OCH3 is 1. The van der Waals surface area contributed by atoms with Crippen molar-refractivity contribution in [1.82, 2.24) is 5.32 Å². The number of hydrogen-bond donors (Lipinski definition) is 1. The van der Waals surface area contributed by atoms with Gasteiger partial charge >= 0.3 is 0 Å². The number of rotatable bonds is 8. The van der Waals surface area contributed by atoms with Crippen LogP contribution in [0, 0.1) is 0 Å². The Labute approximate surface area is 158 Å². The predicted molar refractivity (Wildman–Crippen MR) is 103 cm³/mol. The Hall–Kier alpha value is -2.25. The lowest BCUT2D eigenvalue weighted by Crippen LogP contribution is -2.34. The molecule has 2 aromatic rings. The maximum Gasteiger partial charge on any atom is 0.232 e. The average Bonchev–Trinajstić information content (AvgIpc) is 2.61. The molecule has 2 aromatic carbocycles. The van der Waals surface area contributed by atoms with E-state index in [9.17, 15) is 13.2 Å². The SMILES string of the molecule is COc1ccc(CNC(=O)CCN(c2ccccc2Cl)S(C)(=O)=O)cc1. The van der Waals surface area contributed by atoms with Crippen LogP contribution in [0.25, 0.3) is 0 Å². The summed E-state index contributed by atoms with van der Waals surface area (Å²) in [4.78, 5) is 12.1. The molecule has 0 aliphatic rings. The number of ether oxygens (including phenoxy) is 1. The van der Waals surface area contributed by atoms with Crippen molar-refractivity contribution in [2.75, 3.05) is 24.2 Å². The molecule has 0 aliphatic heterocycles. The Kier molecular flexibility index (Phi) is 6.88. The Balaban J connectivity index is 1.95. The van der Waals surface area contributed by atoms with Crippen LogP contribution < -0.4 is 14.4 Å². The molecule has 26 heavy (non-hydrogen) atoms. The fourth-order valence-corrected chi connectivity index (χ4v) is 3.58. The van der Waals surface area contributed by atoms with Crippen LogP contribution in [0.1, 0.15) is 12.0 Å². The summed E-state index contributed by atoms with van der Waals surface area (Å²) in [5.41, 5.74) is 1.28. The van der Waals surface area contributed by atoms with E-state index >= 15 is 0 Å². The molecule has 6 nitrogen and oxygen atoms in total. The Bertz CT molecular complexity index is 854. The summed E-state index contributed by atoms with van der Waals surface area (Å²) in [6.45, 7) is 0.366. The number of halogens is 1. The van der Waals surface area contributed by atoms with Gasteiger partial charge in [0.1, 0.15) is 5.75 Å². The van der Waals surface area contributed by atoms with Crippen LogP contribution in [-0.4, -0.2) is 34.2 Å². The first-order valence-corrected chi connectivity index (χ1v) is 10.2. The summed E-state index contributed by atoms with van der Waals surface area (Å²) in [5.74, 6) is 0.491. The molecule has 2 rings (SSSR count). The molecule has 0 aliphatic carbocycles. The quantitative estimate of drug-likeness (QED) is 0.744. The van der Waals surface area contributed by atoms with E-state index < -0.39 is 10.0 Å². The van der Waals surface area contributed by atoms with Crippen molar-refractivity contribution in [2.24, 2.45) is 0 Å². The summed E-state index contributed by atoms with van der Waals surface area (Å²) in [5, 5.41) is 3.09. The van der Waals surface area contributed by atoms with Crippen LogP contribution in [-0.2, 0) is 21.4 Å². The van der Waals surface area contributed by atoms with Crippen molar-refractivity contribution in [1.29, 1.82) is 0 Å². The second kappa shape index (κ2) is 8.91. The number of carbonyl (C=O) groups is 1. The first-order valence-electron chi connectivity index (χ1n) is 7.93. The minimum atomic E-state index is -3.56. The first-order chi connectivity index (χ1) is 12.3. The number of amides is 1. The zero-order chi connectivity index (χ0) is 19.2. The van der Waals surface area contributed by atoms with E-state index in [-0.39, 0.29) is 18.9 Å². The number of para-hydroxylation sites is 1. The van der Waals surface area contributed by atoms with Crippen LogP contribution in [0.15, 0.2) is 48.5 Å². The first kappa shape index (κ1) is 20.1. The minimum Gasteiger partial charge on any atom is -0.497 e. The molecule has 0 fully saturated rings. The molecule has 0 atom stereocenters. The molecule has 140 valence electrons. The molecule has 8 heteroatoms. The molecule has 0 saturated carbocycles. The van der Waals surface area contributed by atoms with E-state index in [0.717, 1.165) is 21.9 Å². The van der Waals surface area contributed by atoms with Gasteiger partial charge in [0.25, 0.3) is 0 Å². The van der Waals surface area contributed by atoms with Crippen molar-refractivity contribution in [3.05, 3.63) is 59.1 Å². The fraction of sp³-hybridized carbons (Fsp3) is 0.278. The lowest BCUT2D eigenvalue weighted by molar-refractivity contribution is -0.121. The van der Waals surface area contributed by atoms with Gasteiger partial charge in [-0.2, -0.15) is 0 Å². The molecule has 0 bridgehead atoms. The van der Waals surface area contributed by atoms with Crippen LogP contribution in [0.2, 0.25) is 5.02 Å². The Morgan fingerprint density at radius 1 is 1.15 bits per heavy atom. The third-order valence-corrected chi connectivity index (χ3v) is 5.21. The normalized spacial score (nSPS) is 11.0. The highest BCUT2D eigenvalue weighted by atomic mass is 35.5. The topological polar surface area (TPSA) is 75.7 Å². The standard InChI is InChI=1S/C18H21ClN2O4S/c1-25-15-9-7-14(8-10-15)13-20-18(22)11-12-21(26(2,23)24)17-6-4-3-5-16(17)19/h3-10H,11-13H2,1-2H3,(H,20,22). The van der Waals surface area contributed by atoms with E-state index in [1.807, 2.05) is 24.3 Å². The van der Waals surface area contributed by atoms with Gasteiger partial charge < -0.3 is 10.1 Å². The summed E-state index contributed by atoms with van der Waals surface area (Å²) in [6, 6.07) is 14.0. The number of hydrogen-bond acceptors (Lipinski definition) is 4. The van der Waals surface area contributed by atoms with E-state index in [1.54, 1.807) is 31.4 Å². The van der Waals surface area contributed by atoms with Gasteiger partial charge in [-0.15, -0.1) is 0 Å². The maximum absolute atomic E-state index is 12.1. The summed E-state index contributed by atoms with van der Waals surface area (Å²) >= 11 is 6.09. The minimum absolute atomic E-state index is 0.0109. The monoisotopic (exact) mass is 396 g/mol. The van der Waals surface area contributed by atoms with Gasteiger partial charge in [-0.1, -0.05) is 35.9 Å². The number of sulfonamides is 1. The number of carbonyl (C=O) groups excluding carboxylic acids is 1. The zero-order valence-corrected chi connectivity index (χ0v) is 16.2. The van der Waals surface area contributed by atoms with Crippen molar-refractivity contribution >= 4 is 33.2 Å². The van der Waals surface area contributed by atoms with Crippen LogP contribution in [0.5, 0.6) is 5.75 Å². The van der Waals surface area contributed by atoms with Crippen LogP contribution >= 0.6 is 11.6 Å². The van der Waals surface area contributed by atoms with Crippen molar-refractivity contribution in [2.45, 2.75) is 13.0 Å². The summed E-state index contributed by atoms with van der Waals surface area (Å²) < 4.78 is 30.3. The van der Waals surface area contributed by atoms with Gasteiger partial charge in [0.15, 0.2) is 0 Å². The van der Waals surface area contributed by atoms with Gasteiger partial charge in [0.2, 0.25) is 15.9 Å². The highest BCUT2D eigenvalue weighted by Crippen LogP contribution is 2.27.